The largest absolute Gasteiger partial charge is 0.466 e. The molecule has 0 aliphatic carbocycles. The first-order chi connectivity index (χ1) is 6.52. The number of esters is 1. The van der Waals surface area contributed by atoms with Gasteiger partial charge in [0.2, 0.25) is 0 Å². The van der Waals surface area contributed by atoms with Crippen LogP contribution in [0.1, 0.15) is 33.6 Å². The fraction of sp³-hybridized carbons (Fsp3) is 0.900. The van der Waals surface area contributed by atoms with Crippen molar-refractivity contribution in [1.29, 1.82) is 0 Å². The first-order valence-electron chi connectivity index (χ1n) is 5.12. The molecule has 0 saturated carbocycles. The standard InChI is InChI=1S/C10H21NO3/c1-4-7(3)10(11)8(12)6-9(13)14-5-2/h7-8,10,12H,4-6,11H2,1-3H3. The van der Waals surface area contributed by atoms with Gasteiger partial charge in [-0.1, -0.05) is 20.3 Å². The molecule has 3 atom stereocenters. The van der Waals surface area contributed by atoms with Crippen molar-refractivity contribution in [3.8, 4) is 0 Å². The molecular formula is C10H21NO3. The van der Waals surface area contributed by atoms with Crippen LogP contribution in [0.4, 0.5) is 0 Å². The minimum Gasteiger partial charge on any atom is -0.466 e. The third-order valence-electron chi connectivity index (χ3n) is 2.43. The van der Waals surface area contributed by atoms with E-state index in [-0.39, 0.29) is 18.4 Å². The number of aliphatic hydroxyl groups is 1. The lowest BCUT2D eigenvalue weighted by atomic mass is 9.94. The Bertz CT molecular complexity index is 173. The van der Waals surface area contributed by atoms with Crippen LogP contribution in [0.25, 0.3) is 0 Å². The lowest BCUT2D eigenvalue weighted by Crippen LogP contribution is -2.41. The second kappa shape index (κ2) is 6.79. The molecular weight excluding hydrogens is 182 g/mol. The lowest BCUT2D eigenvalue weighted by Gasteiger charge is -2.23. The predicted molar refractivity (Wildman–Crippen MR) is 54.7 cm³/mol. The summed E-state index contributed by atoms with van der Waals surface area (Å²) in [5.74, 6) is -0.182. The summed E-state index contributed by atoms with van der Waals surface area (Å²) < 4.78 is 4.72. The van der Waals surface area contributed by atoms with E-state index in [1.165, 1.54) is 0 Å². The van der Waals surface area contributed by atoms with E-state index in [0.717, 1.165) is 6.42 Å². The fourth-order valence-electron chi connectivity index (χ4n) is 1.18. The Hall–Kier alpha value is -0.610. The third kappa shape index (κ3) is 4.58. The monoisotopic (exact) mass is 203 g/mol. The highest BCUT2D eigenvalue weighted by Crippen LogP contribution is 2.11. The summed E-state index contributed by atoms with van der Waals surface area (Å²) in [6.45, 7) is 6.03. The van der Waals surface area contributed by atoms with Gasteiger partial charge in [0.15, 0.2) is 0 Å². The average Bonchev–Trinajstić information content (AvgIpc) is 2.15. The highest BCUT2D eigenvalue weighted by molar-refractivity contribution is 5.70. The smallest absolute Gasteiger partial charge is 0.308 e. The number of hydrogen-bond acceptors (Lipinski definition) is 4. The number of nitrogens with two attached hydrogens (primary N) is 1. The second-order valence-electron chi connectivity index (χ2n) is 3.54. The minimum atomic E-state index is -0.802. The van der Waals surface area contributed by atoms with Crippen LogP contribution in [0.15, 0.2) is 0 Å². The van der Waals surface area contributed by atoms with Gasteiger partial charge >= 0.3 is 5.97 Å². The van der Waals surface area contributed by atoms with Crippen LogP contribution in [-0.2, 0) is 9.53 Å². The molecule has 84 valence electrons. The van der Waals surface area contributed by atoms with Crippen LogP contribution in [0.2, 0.25) is 0 Å². The highest BCUT2D eigenvalue weighted by Gasteiger charge is 2.22. The summed E-state index contributed by atoms with van der Waals surface area (Å²) in [6.07, 6.45) is 0.0735. The first kappa shape index (κ1) is 13.4. The van der Waals surface area contributed by atoms with E-state index in [0.29, 0.717) is 6.61 Å². The van der Waals surface area contributed by atoms with Gasteiger partial charge in [-0.05, 0) is 12.8 Å². The maximum absolute atomic E-state index is 11.0. The van der Waals surface area contributed by atoms with E-state index in [1.807, 2.05) is 13.8 Å². The van der Waals surface area contributed by atoms with Crippen LogP contribution in [-0.4, -0.2) is 29.8 Å². The summed E-state index contributed by atoms with van der Waals surface area (Å²) in [7, 11) is 0. The van der Waals surface area contributed by atoms with Gasteiger partial charge in [-0.3, -0.25) is 4.79 Å². The minimum absolute atomic E-state index is 0.0145. The van der Waals surface area contributed by atoms with E-state index in [2.05, 4.69) is 0 Å². The van der Waals surface area contributed by atoms with Crippen LogP contribution >= 0.6 is 0 Å². The van der Waals surface area contributed by atoms with Gasteiger partial charge in [0.1, 0.15) is 0 Å². The van der Waals surface area contributed by atoms with Gasteiger partial charge in [0, 0.05) is 6.04 Å². The van der Waals surface area contributed by atoms with Crippen LogP contribution in [0.3, 0.4) is 0 Å². The van der Waals surface area contributed by atoms with E-state index in [9.17, 15) is 9.90 Å². The highest BCUT2D eigenvalue weighted by atomic mass is 16.5. The Morgan fingerprint density at radius 2 is 2.07 bits per heavy atom. The Labute approximate surface area is 85.4 Å². The number of carbonyl (C=O) groups excluding carboxylic acids is 1. The molecule has 0 bridgehead atoms. The van der Waals surface area contributed by atoms with Crippen molar-refractivity contribution in [2.75, 3.05) is 6.61 Å². The molecule has 3 unspecified atom stereocenters. The molecule has 0 heterocycles. The summed E-state index contributed by atoms with van der Waals surface area (Å²) in [5.41, 5.74) is 5.76. The number of ether oxygens (including phenoxy) is 1. The van der Waals surface area contributed by atoms with Gasteiger partial charge in [-0.25, -0.2) is 0 Å². The second-order valence-corrected chi connectivity index (χ2v) is 3.54. The number of aliphatic hydroxyl groups excluding tert-OH is 1. The van der Waals surface area contributed by atoms with Crippen LogP contribution in [0, 0.1) is 5.92 Å². The van der Waals surface area contributed by atoms with Gasteiger partial charge in [0.25, 0.3) is 0 Å². The quantitative estimate of drug-likeness (QED) is 0.622. The third-order valence-corrected chi connectivity index (χ3v) is 2.43. The SMILES string of the molecule is CCOC(=O)CC(O)C(N)C(C)CC. The molecule has 4 heteroatoms. The molecule has 4 nitrogen and oxygen atoms in total. The number of rotatable bonds is 6. The van der Waals surface area contributed by atoms with Crippen molar-refractivity contribution in [2.45, 2.75) is 45.8 Å². The fourth-order valence-corrected chi connectivity index (χ4v) is 1.18. The molecule has 0 radical (unpaired) electrons. The molecule has 0 aromatic rings. The van der Waals surface area contributed by atoms with Crippen molar-refractivity contribution in [3.63, 3.8) is 0 Å². The molecule has 0 aromatic carbocycles. The molecule has 0 amide bonds. The summed E-state index contributed by atoms with van der Waals surface area (Å²) in [5, 5.41) is 9.59. The first-order valence-corrected chi connectivity index (χ1v) is 5.12. The Kier molecular flexibility index (Phi) is 6.49. The van der Waals surface area contributed by atoms with E-state index in [1.54, 1.807) is 6.92 Å². The molecule has 0 fully saturated rings. The Morgan fingerprint density at radius 3 is 2.50 bits per heavy atom. The Balaban J connectivity index is 3.93. The zero-order valence-corrected chi connectivity index (χ0v) is 9.19. The van der Waals surface area contributed by atoms with E-state index in [4.69, 9.17) is 10.5 Å². The summed E-state index contributed by atoms with van der Waals surface area (Å²) >= 11 is 0. The summed E-state index contributed by atoms with van der Waals surface area (Å²) in [6, 6.07) is -0.357. The van der Waals surface area contributed by atoms with Crippen LogP contribution < -0.4 is 5.73 Å². The lowest BCUT2D eigenvalue weighted by molar-refractivity contribution is -0.145. The normalized spacial score (nSPS) is 17.2. The average molecular weight is 203 g/mol. The molecule has 0 rings (SSSR count). The predicted octanol–water partition coefficient (Wildman–Crippen LogP) is 0.674. The van der Waals surface area contributed by atoms with Gasteiger partial charge in [-0.2, -0.15) is 0 Å². The van der Waals surface area contributed by atoms with Gasteiger partial charge in [0.05, 0.1) is 19.1 Å². The summed E-state index contributed by atoms with van der Waals surface area (Å²) in [4.78, 5) is 11.0. The van der Waals surface area contributed by atoms with Gasteiger partial charge in [-0.15, -0.1) is 0 Å². The molecule has 3 N–H and O–H groups in total. The van der Waals surface area contributed by atoms with Gasteiger partial charge < -0.3 is 15.6 Å². The molecule has 0 aromatic heterocycles. The molecule has 0 saturated heterocycles. The number of carbonyl (C=O) groups is 1. The molecule has 0 aliphatic heterocycles. The van der Waals surface area contributed by atoms with Crippen molar-refractivity contribution < 1.29 is 14.6 Å². The zero-order valence-electron chi connectivity index (χ0n) is 9.19. The van der Waals surface area contributed by atoms with Crippen molar-refractivity contribution in [1.82, 2.24) is 0 Å². The van der Waals surface area contributed by atoms with Crippen molar-refractivity contribution in [2.24, 2.45) is 11.7 Å². The van der Waals surface area contributed by atoms with Crippen molar-refractivity contribution >= 4 is 5.97 Å². The van der Waals surface area contributed by atoms with E-state index < -0.39 is 12.1 Å². The number of hydrogen-bond donors (Lipinski definition) is 2. The van der Waals surface area contributed by atoms with Crippen molar-refractivity contribution in [3.05, 3.63) is 0 Å². The zero-order chi connectivity index (χ0) is 11.1. The topological polar surface area (TPSA) is 72.5 Å². The van der Waals surface area contributed by atoms with E-state index >= 15 is 0 Å². The molecule has 0 spiro atoms. The maximum atomic E-state index is 11.0. The molecule has 0 aliphatic rings. The Morgan fingerprint density at radius 1 is 1.50 bits per heavy atom. The van der Waals surface area contributed by atoms with Crippen LogP contribution in [0.5, 0.6) is 0 Å². The maximum Gasteiger partial charge on any atom is 0.308 e. The molecule has 14 heavy (non-hydrogen) atoms.